The molecule has 0 bridgehead atoms. The fraction of sp³-hybridized carbons (Fsp3) is 0.389. The Morgan fingerprint density at radius 3 is 2.24 bits per heavy atom. The van der Waals surface area contributed by atoms with Gasteiger partial charge in [0, 0.05) is 31.9 Å². The molecule has 1 aliphatic rings. The first-order valence-corrected chi connectivity index (χ1v) is 8.42. The number of benzene rings is 1. The lowest BCUT2D eigenvalue weighted by atomic mass is 10.1. The van der Waals surface area contributed by atoms with Gasteiger partial charge in [-0.25, -0.2) is 14.8 Å². The van der Waals surface area contributed by atoms with Crippen LogP contribution in [0.5, 0.6) is 0 Å². The number of carbonyl (C=O) groups excluding carboxylic acids is 1. The van der Waals surface area contributed by atoms with Gasteiger partial charge in [0.15, 0.2) is 0 Å². The maximum atomic E-state index is 12.1. The maximum absolute atomic E-state index is 12.1. The van der Waals surface area contributed by atoms with Crippen molar-refractivity contribution < 1.29 is 4.79 Å². The summed E-state index contributed by atoms with van der Waals surface area (Å²) in [6.07, 6.45) is 3.28. The van der Waals surface area contributed by atoms with Gasteiger partial charge < -0.3 is 20.4 Å². The van der Waals surface area contributed by atoms with Crippen molar-refractivity contribution in [3.05, 3.63) is 41.7 Å². The zero-order valence-corrected chi connectivity index (χ0v) is 14.9. The molecule has 0 radical (unpaired) electrons. The summed E-state index contributed by atoms with van der Waals surface area (Å²) in [5, 5.41) is 5.58. The first-order valence-electron chi connectivity index (χ1n) is 8.42. The van der Waals surface area contributed by atoms with Crippen LogP contribution in [0.15, 0.2) is 30.6 Å². The number of piperazine rings is 1. The summed E-state index contributed by atoms with van der Waals surface area (Å²) in [6.45, 7) is 7.89. The Morgan fingerprint density at radius 1 is 0.960 bits per heavy atom. The molecule has 7 nitrogen and oxygen atoms in total. The average Bonchev–Trinajstić information content (AvgIpc) is 2.60. The van der Waals surface area contributed by atoms with Crippen molar-refractivity contribution in [2.75, 3.05) is 48.8 Å². The van der Waals surface area contributed by atoms with Crippen LogP contribution in [0.1, 0.15) is 11.1 Å². The first-order chi connectivity index (χ1) is 12.0. The molecule has 2 aromatic rings. The van der Waals surface area contributed by atoms with Crippen molar-refractivity contribution in [3.8, 4) is 0 Å². The lowest BCUT2D eigenvalue weighted by Crippen LogP contribution is -2.45. The van der Waals surface area contributed by atoms with Gasteiger partial charge in [-0.1, -0.05) is 6.07 Å². The Kier molecular flexibility index (Phi) is 5.14. The number of amides is 2. The number of nitrogens with one attached hydrogen (secondary N) is 2. The molecular weight excluding hydrogens is 316 g/mol. The van der Waals surface area contributed by atoms with Crippen LogP contribution in [0.3, 0.4) is 0 Å². The number of urea groups is 1. The van der Waals surface area contributed by atoms with Gasteiger partial charge in [0.1, 0.15) is 0 Å². The van der Waals surface area contributed by atoms with E-state index in [-0.39, 0.29) is 6.03 Å². The minimum Gasteiger partial charge on any atom is -0.338 e. The highest BCUT2D eigenvalue weighted by atomic mass is 16.2. The molecule has 1 fully saturated rings. The third-order valence-corrected chi connectivity index (χ3v) is 4.45. The van der Waals surface area contributed by atoms with Crippen LogP contribution in [0, 0.1) is 13.8 Å². The molecule has 1 aromatic carbocycles. The van der Waals surface area contributed by atoms with E-state index in [1.807, 2.05) is 32.0 Å². The summed E-state index contributed by atoms with van der Waals surface area (Å²) in [7, 11) is 2.11. The Balaban J connectivity index is 1.57. The van der Waals surface area contributed by atoms with Gasteiger partial charge in [-0.3, -0.25) is 0 Å². The molecule has 2 N–H and O–H groups in total. The Labute approximate surface area is 148 Å². The minimum atomic E-state index is -0.306. The highest BCUT2D eigenvalue weighted by molar-refractivity contribution is 5.99. The van der Waals surface area contributed by atoms with E-state index in [1.165, 1.54) is 5.56 Å². The quantitative estimate of drug-likeness (QED) is 0.898. The van der Waals surface area contributed by atoms with Crippen LogP contribution in [-0.2, 0) is 0 Å². The van der Waals surface area contributed by atoms with Crippen LogP contribution in [0.2, 0.25) is 0 Å². The molecule has 1 aliphatic heterocycles. The number of anilines is 3. The van der Waals surface area contributed by atoms with Crippen molar-refractivity contribution in [1.82, 2.24) is 14.9 Å². The number of likely N-dealkylation sites (N-methyl/N-ethyl adjacent to an activating group) is 1. The molecule has 0 saturated carbocycles. The Bertz CT molecular complexity index is 738. The van der Waals surface area contributed by atoms with E-state index in [0.29, 0.717) is 11.6 Å². The number of nitrogens with zero attached hydrogens (tertiary/aromatic N) is 4. The maximum Gasteiger partial charge on any atom is 0.323 e. The fourth-order valence-corrected chi connectivity index (χ4v) is 2.67. The monoisotopic (exact) mass is 340 g/mol. The summed E-state index contributed by atoms with van der Waals surface area (Å²) in [5.74, 6) is 0.702. The van der Waals surface area contributed by atoms with Crippen molar-refractivity contribution >= 4 is 23.4 Å². The Morgan fingerprint density at radius 2 is 1.60 bits per heavy atom. The number of carbonyl (C=O) groups is 1. The number of rotatable bonds is 3. The average molecular weight is 340 g/mol. The van der Waals surface area contributed by atoms with Crippen LogP contribution in [-0.4, -0.2) is 54.1 Å². The number of hydrogen-bond acceptors (Lipinski definition) is 5. The van der Waals surface area contributed by atoms with Gasteiger partial charge in [-0.2, -0.15) is 0 Å². The topological polar surface area (TPSA) is 73.4 Å². The second kappa shape index (κ2) is 7.48. The fourth-order valence-electron chi connectivity index (χ4n) is 2.67. The highest BCUT2D eigenvalue weighted by Gasteiger charge is 2.16. The van der Waals surface area contributed by atoms with E-state index in [2.05, 4.69) is 37.4 Å². The molecule has 3 rings (SSSR count). The van der Waals surface area contributed by atoms with E-state index in [9.17, 15) is 4.79 Å². The zero-order chi connectivity index (χ0) is 17.8. The molecule has 0 aliphatic carbocycles. The second-order valence-corrected chi connectivity index (χ2v) is 6.44. The molecule has 1 saturated heterocycles. The van der Waals surface area contributed by atoms with Crippen LogP contribution < -0.4 is 15.5 Å². The Hall–Kier alpha value is -2.67. The molecule has 0 atom stereocenters. The van der Waals surface area contributed by atoms with Gasteiger partial charge in [0.05, 0.1) is 18.1 Å². The summed E-state index contributed by atoms with van der Waals surface area (Å²) < 4.78 is 0. The van der Waals surface area contributed by atoms with E-state index in [0.717, 1.165) is 37.4 Å². The van der Waals surface area contributed by atoms with E-state index in [4.69, 9.17) is 0 Å². The van der Waals surface area contributed by atoms with Gasteiger partial charge in [-0.05, 0) is 44.2 Å². The van der Waals surface area contributed by atoms with Crippen molar-refractivity contribution in [2.45, 2.75) is 13.8 Å². The predicted molar refractivity (Wildman–Crippen MR) is 100 cm³/mol. The lowest BCUT2D eigenvalue weighted by Gasteiger charge is -2.32. The van der Waals surface area contributed by atoms with Crippen molar-refractivity contribution in [2.24, 2.45) is 0 Å². The molecule has 7 heteroatoms. The number of aromatic nitrogens is 2. The standard InChI is InChI=1S/C18H24N6O/c1-13-4-5-15(10-14(13)2)21-18(25)22-16-11-19-17(20-12-16)24-8-6-23(3)7-9-24/h4-5,10-12H,6-9H2,1-3H3,(H2,21,22,25). The molecular formula is C18H24N6O. The largest absolute Gasteiger partial charge is 0.338 e. The third kappa shape index (κ3) is 4.45. The number of aryl methyl sites for hydroxylation is 2. The SMILES string of the molecule is Cc1ccc(NC(=O)Nc2cnc(N3CCN(C)CC3)nc2)cc1C. The molecule has 132 valence electrons. The van der Waals surface area contributed by atoms with E-state index < -0.39 is 0 Å². The first kappa shape index (κ1) is 17.2. The molecule has 1 aromatic heterocycles. The van der Waals surface area contributed by atoms with Gasteiger partial charge in [0.2, 0.25) is 5.95 Å². The van der Waals surface area contributed by atoms with Gasteiger partial charge in [0.25, 0.3) is 0 Å². The van der Waals surface area contributed by atoms with Crippen LogP contribution >= 0.6 is 0 Å². The van der Waals surface area contributed by atoms with Crippen molar-refractivity contribution in [3.63, 3.8) is 0 Å². The minimum absolute atomic E-state index is 0.306. The van der Waals surface area contributed by atoms with Crippen LogP contribution in [0.4, 0.5) is 22.1 Å². The van der Waals surface area contributed by atoms with Gasteiger partial charge in [-0.15, -0.1) is 0 Å². The normalized spacial score (nSPS) is 15.1. The zero-order valence-electron chi connectivity index (χ0n) is 14.9. The lowest BCUT2D eigenvalue weighted by molar-refractivity contribution is 0.262. The van der Waals surface area contributed by atoms with Crippen molar-refractivity contribution in [1.29, 1.82) is 0 Å². The third-order valence-electron chi connectivity index (χ3n) is 4.45. The number of hydrogen-bond donors (Lipinski definition) is 2. The summed E-state index contributed by atoms with van der Waals surface area (Å²) in [5.41, 5.74) is 3.66. The van der Waals surface area contributed by atoms with Crippen LogP contribution in [0.25, 0.3) is 0 Å². The summed E-state index contributed by atoms with van der Waals surface area (Å²) in [6, 6.07) is 5.51. The summed E-state index contributed by atoms with van der Waals surface area (Å²) >= 11 is 0. The second-order valence-electron chi connectivity index (χ2n) is 6.44. The molecule has 0 spiro atoms. The smallest absolute Gasteiger partial charge is 0.323 e. The predicted octanol–water partition coefficient (Wildman–Crippen LogP) is 2.49. The molecule has 25 heavy (non-hydrogen) atoms. The molecule has 0 unspecified atom stereocenters. The summed E-state index contributed by atoms with van der Waals surface area (Å²) in [4.78, 5) is 25.3. The van der Waals surface area contributed by atoms with E-state index in [1.54, 1.807) is 12.4 Å². The highest BCUT2D eigenvalue weighted by Crippen LogP contribution is 2.15. The van der Waals surface area contributed by atoms with Gasteiger partial charge >= 0.3 is 6.03 Å². The molecule has 2 heterocycles. The molecule has 2 amide bonds. The van der Waals surface area contributed by atoms with E-state index >= 15 is 0 Å².